The number of hydrogen-bond donors (Lipinski definition) is 12. The Morgan fingerprint density at radius 1 is 0.459 bits per heavy atom. The molecule has 3 aliphatic carbocycles. The highest BCUT2D eigenvalue weighted by atomic mass is 35.5. The first-order valence-electron chi connectivity index (χ1n) is 49.1. The number of nitrogens with zero attached hydrogens (tertiary/aromatic N) is 6. The van der Waals surface area contributed by atoms with E-state index in [0.29, 0.717) is 74.4 Å². The maximum absolute atomic E-state index is 14.3. The molecule has 146 heavy (non-hydrogen) atoms. The van der Waals surface area contributed by atoms with Crippen molar-refractivity contribution in [1.82, 2.24) is 46.6 Å². The summed E-state index contributed by atoms with van der Waals surface area (Å²) in [5.41, 5.74) is 2.62. The zero-order valence-electron chi connectivity index (χ0n) is 83.8. The van der Waals surface area contributed by atoms with Crippen LogP contribution in [-0.4, -0.2) is 252 Å². The molecule has 7 aliphatic rings. The molecule has 12 N–H and O–H groups in total. The largest absolute Gasteiger partial charge is 0.482 e. The van der Waals surface area contributed by atoms with Gasteiger partial charge in [-0.3, -0.25) is 43.2 Å². The smallest absolute Gasteiger partial charge is 0.427 e. The minimum absolute atomic E-state index is 0.0231. The molecule has 0 radical (unpaired) electrons. The Morgan fingerprint density at radius 3 is 1.07 bits per heavy atom. The van der Waals surface area contributed by atoms with E-state index in [9.17, 15) is 79.0 Å². The Labute approximate surface area is 885 Å². The van der Waals surface area contributed by atoms with Crippen LogP contribution in [0.15, 0.2) is 181 Å². The molecule has 13 atom stereocenters. The molecular formula is C104H130B4Cl6N12O20. The first kappa shape index (κ1) is 119. The van der Waals surface area contributed by atoms with Crippen LogP contribution < -0.4 is 31.9 Å². The number of allylic oxidation sites excluding steroid dienone is 3. The average molecular weight is 2120 g/mol. The number of likely N-dealkylation sites (tertiary alicyclic amines) is 3. The molecule has 0 unspecified atom stereocenters. The third kappa shape index (κ3) is 35.0. The van der Waals surface area contributed by atoms with Crippen molar-refractivity contribution < 1.29 is 96.8 Å². The van der Waals surface area contributed by atoms with E-state index >= 15 is 0 Å². The summed E-state index contributed by atoms with van der Waals surface area (Å²) in [6, 6.07) is 42.4. The molecule has 42 heteroatoms. The predicted molar refractivity (Wildman–Crippen MR) is 562 cm³/mol. The fourth-order valence-corrected chi connectivity index (χ4v) is 19.7. The Bertz CT molecular complexity index is 5460. The SMILES string of the molecule is CC(C)C=C(C#N)C(=O)N1CCC[C@@H]1COC[C@H](NC(=O)c1cc(Cl)ccc1Cl)C(=O)N[C@@H](Cc1ccccc1)B(O)O.CC(C)C=C(C#N)C(=O)N1CCC[C@@H]1COC[C@H](NC(=O)c1cc(Cl)ccc1Cl)C(=O)N[C@@H](Cc1ccccc1)B(O)O.CC(C)C=C(C#N)C(=O)N1CCC[C@@H]1COC[C@H](NC(=O)c1cc(Cl)ccc1Cl)C(=O)N[C@@H](Cc1ccccc1)B1O[C@@H]2C[C@H]3C[C@@H](C3(C)C)[C@]2(C)O1.CC(C)CB(O)O. The molecule has 4 aliphatic heterocycles. The van der Waals surface area contributed by atoms with Gasteiger partial charge in [-0.15, -0.1) is 0 Å². The van der Waals surface area contributed by atoms with Gasteiger partial charge in [-0.25, -0.2) is 0 Å². The minimum Gasteiger partial charge on any atom is -0.427 e. The number of amides is 9. The maximum atomic E-state index is 14.3. The average Bonchev–Trinajstić information content (AvgIpc) is 1.46. The lowest BCUT2D eigenvalue weighted by Crippen LogP contribution is -2.65. The van der Waals surface area contributed by atoms with Crippen molar-refractivity contribution in [2.45, 2.75) is 219 Å². The second-order valence-corrected chi connectivity index (χ2v) is 42.0. The molecule has 3 saturated carbocycles. The first-order valence-corrected chi connectivity index (χ1v) is 51.3. The highest BCUT2D eigenvalue weighted by Crippen LogP contribution is 2.66. The number of rotatable bonds is 41. The van der Waals surface area contributed by atoms with Crippen LogP contribution in [0, 0.1) is 74.9 Å². The number of benzene rings is 6. The minimum atomic E-state index is -1.88. The van der Waals surface area contributed by atoms with Gasteiger partial charge in [-0.1, -0.05) is 248 Å². The van der Waals surface area contributed by atoms with E-state index in [4.69, 9.17) is 103 Å². The van der Waals surface area contributed by atoms with E-state index in [-0.39, 0.29) is 176 Å². The second-order valence-electron chi connectivity index (χ2n) is 39.4. The molecule has 4 saturated heterocycles. The number of nitriles is 3. The van der Waals surface area contributed by atoms with Crippen LogP contribution in [0.25, 0.3) is 0 Å². The first-order chi connectivity index (χ1) is 69.3. The lowest BCUT2D eigenvalue weighted by Gasteiger charge is -2.64. The number of carbonyl (C=O) groups is 9. The standard InChI is InChI=1S/C40H49BCl2N4O6.2C30H35BCl2N4O6.C4H11BO2/c1-24(2)16-26(21-44)38(50)47-15-9-12-29(47)22-51-23-32(45-36(48)30-20-28(42)13-14-31(30)43)37(49)46-35(17-25-10-7-6-8-11-25)41-52-34-19-27-18-33(39(27,3)4)40(34,5)53-41;2*1-19(2)13-21(16-34)30(40)37-12-6-9-23(37)17-43-18-26(35-28(38)24-15-22(32)10-11-25(24)33)29(39)36-27(31(41)42)14-20-7-4-3-5-8-20;1-4(2)3-5(6)7/h6-8,10-11,13-14,16,20,24,27,29,32-35H,9,12,15,17-19,22-23H2,1-5H3,(H,45,48)(H,46,49);2*3-5,7-8,10-11,13,15,19,23,26-27,41-42H,6,9,12,14,17-18H2,1-2H3,(H,35,38)(H,36,39);4,6-7H,3H2,1-2H3/t27-,29-,32+,33+,34-,35+,40+;2*23-,26+,27+;/m111./s1. The second kappa shape index (κ2) is 57.5. The molecule has 780 valence electrons. The Hall–Kier alpha value is -10.2. The summed E-state index contributed by atoms with van der Waals surface area (Å²) in [5, 5.41) is 103. The highest BCUT2D eigenvalue weighted by Gasteiger charge is 2.69. The van der Waals surface area contributed by atoms with Crippen molar-refractivity contribution in [2.75, 3.05) is 59.3 Å². The van der Waals surface area contributed by atoms with E-state index in [0.717, 1.165) is 48.8 Å². The van der Waals surface area contributed by atoms with Crippen molar-refractivity contribution >= 4 is 151 Å². The summed E-state index contributed by atoms with van der Waals surface area (Å²) in [6.45, 7) is 22.9. The molecule has 0 spiro atoms. The Morgan fingerprint density at radius 2 is 0.781 bits per heavy atom. The zero-order valence-corrected chi connectivity index (χ0v) is 88.4. The highest BCUT2D eigenvalue weighted by molar-refractivity contribution is 6.48. The summed E-state index contributed by atoms with van der Waals surface area (Å²) >= 11 is 37.1. The van der Waals surface area contributed by atoms with Gasteiger partial charge in [-0.2, -0.15) is 15.8 Å². The quantitative estimate of drug-likeness (QED) is 0.00963. The van der Waals surface area contributed by atoms with Crippen molar-refractivity contribution in [1.29, 1.82) is 15.8 Å². The van der Waals surface area contributed by atoms with Gasteiger partial charge in [0.05, 0.1) is 119 Å². The van der Waals surface area contributed by atoms with Crippen LogP contribution in [0.5, 0.6) is 0 Å². The van der Waals surface area contributed by atoms with Gasteiger partial charge in [0.2, 0.25) is 17.7 Å². The summed E-state index contributed by atoms with van der Waals surface area (Å²) in [7, 11) is -5.60. The van der Waals surface area contributed by atoms with Crippen LogP contribution in [0.2, 0.25) is 36.5 Å². The van der Waals surface area contributed by atoms with E-state index in [1.807, 2.05) is 116 Å². The van der Waals surface area contributed by atoms with Gasteiger partial charge in [0.25, 0.3) is 35.4 Å². The van der Waals surface area contributed by atoms with Crippen LogP contribution >= 0.6 is 69.6 Å². The number of carbonyl (C=O) groups excluding carboxylic acids is 9. The Kier molecular flexibility index (Phi) is 47.0. The van der Waals surface area contributed by atoms with E-state index < -0.39 is 105 Å². The van der Waals surface area contributed by atoms with Crippen LogP contribution in [0.1, 0.15) is 175 Å². The van der Waals surface area contributed by atoms with Gasteiger partial charge in [0, 0.05) is 34.7 Å². The molecule has 6 aromatic carbocycles. The molecule has 6 aromatic rings. The summed E-state index contributed by atoms with van der Waals surface area (Å²) in [5.74, 6) is -6.34. The van der Waals surface area contributed by atoms with Gasteiger partial charge < -0.3 is 100 Å². The van der Waals surface area contributed by atoms with Gasteiger partial charge in [0.1, 0.15) is 53.1 Å². The number of hydrogen-bond acceptors (Lipinski definition) is 23. The summed E-state index contributed by atoms with van der Waals surface area (Å²) in [6.07, 6.45) is 12.1. The molecule has 4 heterocycles. The molecule has 9 amide bonds. The predicted octanol–water partition coefficient (Wildman–Crippen LogP) is 12.2. The Balaban J connectivity index is 0.000000237. The maximum Gasteiger partial charge on any atom is 0.482 e. The van der Waals surface area contributed by atoms with E-state index in [1.54, 1.807) is 87.5 Å². The molecule has 7 fully saturated rings. The van der Waals surface area contributed by atoms with Crippen molar-refractivity contribution in [3.8, 4) is 18.2 Å². The number of ether oxygens (including phenoxy) is 3. The van der Waals surface area contributed by atoms with E-state index in [1.165, 1.54) is 48.5 Å². The van der Waals surface area contributed by atoms with E-state index in [2.05, 4.69) is 52.7 Å². The van der Waals surface area contributed by atoms with Gasteiger partial charge >= 0.3 is 28.5 Å². The number of halogens is 6. The zero-order chi connectivity index (χ0) is 107. The van der Waals surface area contributed by atoms with Crippen molar-refractivity contribution in [2.24, 2.45) is 40.9 Å². The fourth-order valence-electron chi connectivity index (χ4n) is 18.6. The van der Waals surface area contributed by atoms with Gasteiger partial charge in [-0.05, 0) is 196 Å². The third-order valence-electron chi connectivity index (χ3n) is 26.2. The van der Waals surface area contributed by atoms with Crippen LogP contribution in [0.4, 0.5) is 0 Å². The summed E-state index contributed by atoms with van der Waals surface area (Å²) < 4.78 is 31.3. The van der Waals surface area contributed by atoms with Crippen LogP contribution in [0.3, 0.4) is 0 Å². The molecule has 13 rings (SSSR count). The molecular weight excluding hydrogens is 1990 g/mol. The summed E-state index contributed by atoms with van der Waals surface area (Å²) in [4.78, 5) is 125. The third-order valence-corrected chi connectivity index (χ3v) is 27.9. The normalized spacial score (nSPS) is 19.9. The fraction of sp³-hybridized carbons (Fsp3) is 0.481. The molecule has 2 bridgehead atoms. The van der Waals surface area contributed by atoms with Crippen molar-refractivity contribution in [3.05, 3.63) is 244 Å². The van der Waals surface area contributed by atoms with Crippen LogP contribution in [-0.2, 0) is 71.5 Å². The topological polar surface area (TPSA) is 474 Å². The molecule has 0 aromatic heterocycles. The monoisotopic (exact) mass is 2120 g/mol. The lowest BCUT2D eigenvalue weighted by molar-refractivity contribution is -0.199. The molecule has 32 nitrogen and oxygen atoms in total. The number of nitrogens with one attached hydrogen (secondary N) is 6. The lowest BCUT2D eigenvalue weighted by atomic mass is 9.43. The van der Waals surface area contributed by atoms with Gasteiger partial charge in [0.15, 0.2) is 0 Å². The van der Waals surface area contributed by atoms with Crippen molar-refractivity contribution in [3.63, 3.8) is 0 Å².